The van der Waals surface area contributed by atoms with Crippen LogP contribution in [-0.4, -0.2) is 102 Å². The summed E-state index contributed by atoms with van der Waals surface area (Å²) in [5.41, 5.74) is 9.66. The number of rotatable bonds is 11. The first-order valence-corrected chi connectivity index (χ1v) is 17.9. The predicted molar refractivity (Wildman–Crippen MR) is 202 cm³/mol. The molecule has 1 aromatic heterocycles. The summed E-state index contributed by atoms with van der Waals surface area (Å²) in [4.78, 5) is 46.3. The highest BCUT2D eigenvalue weighted by atomic mass is 16.5. The third-order valence-electron chi connectivity index (χ3n) is 9.82. The first-order chi connectivity index (χ1) is 26.8. The van der Waals surface area contributed by atoms with Crippen LogP contribution in [0.2, 0.25) is 0 Å². The molecule has 5 atom stereocenters. The number of aryl methyl sites for hydroxylation is 2. The van der Waals surface area contributed by atoms with Crippen LogP contribution < -0.4 is 51.7 Å². The highest BCUT2D eigenvalue weighted by Gasteiger charge is 2.39. The van der Waals surface area contributed by atoms with Crippen molar-refractivity contribution in [2.24, 2.45) is 5.73 Å². The van der Waals surface area contributed by atoms with Crippen molar-refractivity contribution in [1.82, 2.24) is 26.6 Å². The van der Waals surface area contributed by atoms with Gasteiger partial charge in [0.2, 0.25) is 11.6 Å². The number of hydrogen-bond acceptors (Lipinski definition) is 13. The number of fused-ring (bicyclic) bond motifs is 5. The number of nitrogens with zero attached hydrogens (tertiary/aromatic N) is 1. The molecule has 18 nitrogen and oxygen atoms in total. The zero-order chi connectivity index (χ0) is 40.1. The second-order valence-electron chi connectivity index (χ2n) is 13.5. The molecule has 0 aliphatic carbocycles. The minimum Gasteiger partial charge on any atom is -0.504 e. The van der Waals surface area contributed by atoms with Gasteiger partial charge in [0.05, 0.1) is 31.3 Å². The van der Waals surface area contributed by atoms with Crippen molar-refractivity contribution in [3.05, 3.63) is 71.9 Å². The van der Waals surface area contributed by atoms with Gasteiger partial charge in [-0.05, 0) is 65.9 Å². The van der Waals surface area contributed by atoms with Crippen molar-refractivity contribution in [3.63, 3.8) is 0 Å². The fraction of sp³-hybridized carbons (Fsp3) is 0.342. The van der Waals surface area contributed by atoms with Crippen LogP contribution in [0, 0.1) is 0 Å². The minimum atomic E-state index is -1.29. The van der Waals surface area contributed by atoms with E-state index in [0.29, 0.717) is 24.6 Å². The smallest absolute Gasteiger partial charge is 0.326 e. The Morgan fingerprint density at radius 1 is 1.00 bits per heavy atom. The Bertz CT molecular complexity index is 2130. The number of nitrogens with one attached hydrogen (secondary N) is 6. The molecule has 0 bridgehead atoms. The number of amides is 2. The zero-order valence-electron chi connectivity index (χ0n) is 30.7. The summed E-state index contributed by atoms with van der Waals surface area (Å²) in [5, 5.41) is 57.2. The first kappa shape index (κ1) is 39.5. The van der Waals surface area contributed by atoms with Gasteiger partial charge < -0.3 is 45.9 Å². The number of phenolic OH excluding ortho intramolecular Hbond substituents is 2. The average molecular weight is 774 g/mol. The molecule has 2 amide bonds. The van der Waals surface area contributed by atoms with E-state index in [9.17, 15) is 29.4 Å². The van der Waals surface area contributed by atoms with Crippen LogP contribution in [0.15, 0.2) is 60.8 Å². The number of carboxylic acid groups (broad SMARTS) is 2. The topological polar surface area (TPSA) is 270 Å². The van der Waals surface area contributed by atoms with Gasteiger partial charge in [0.25, 0.3) is 5.91 Å². The number of aromatic nitrogens is 1. The van der Waals surface area contributed by atoms with Crippen molar-refractivity contribution in [2.45, 2.75) is 56.4 Å². The highest BCUT2D eigenvalue weighted by Crippen LogP contribution is 2.39. The number of aliphatic carboxylic acids is 2. The maximum atomic E-state index is 12.3. The number of carbonyl (C=O) groups is 4. The molecule has 7 rings (SSSR count). The lowest BCUT2D eigenvalue weighted by Crippen LogP contribution is -2.78. The third kappa shape index (κ3) is 8.84. The molecule has 296 valence electrons. The molecule has 0 spiro atoms. The van der Waals surface area contributed by atoms with Gasteiger partial charge in [-0.2, -0.15) is 4.57 Å². The van der Waals surface area contributed by atoms with E-state index < -0.39 is 36.2 Å². The number of piperazine rings is 1. The molecule has 4 aromatic rings. The zero-order valence-corrected chi connectivity index (χ0v) is 30.7. The van der Waals surface area contributed by atoms with Crippen LogP contribution in [0.25, 0.3) is 22.0 Å². The number of anilines is 1. The molecular formula is C38H45N8O10+. The summed E-state index contributed by atoms with van der Waals surface area (Å²) in [7, 11) is 3.26. The molecule has 2 saturated heterocycles. The van der Waals surface area contributed by atoms with Crippen LogP contribution in [0.1, 0.15) is 28.8 Å². The van der Waals surface area contributed by atoms with Gasteiger partial charge in [0.1, 0.15) is 18.4 Å². The van der Waals surface area contributed by atoms with Gasteiger partial charge in [-0.15, -0.1) is 0 Å². The van der Waals surface area contributed by atoms with E-state index in [-0.39, 0.29) is 48.0 Å². The number of benzene rings is 3. The van der Waals surface area contributed by atoms with Gasteiger partial charge in [0, 0.05) is 49.3 Å². The number of nitrogens with two attached hydrogens (primary N) is 1. The van der Waals surface area contributed by atoms with Crippen LogP contribution in [0.5, 0.6) is 23.0 Å². The van der Waals surface area contributed by atoms with Crippen LogP contribution in [-0.2, 0) is 27.3 Å². The molecule has 3 aliphatic rings. The Morgan fingerprint density at radius 3 is 2.45 bits per heavy atom. The average Bonchev–Trinajstić information content (AvgIpc) is 3.18. The maximum absolute atomic E-state index is 12.3. The van der Waals surface area contributed by atoms with E-state index in [1.807, 2.05) is 12.1 Å². The third-order valence-corrected chi connectivity index (χ3v) is 9.82. The van der Waals surface area contributed by atoms with Crippen molar-refractivity contribution in [2.75, 3.05) is 32.6 Å². The van der Waals surface area contributed by atoms with Crippen molar-refractivity contribution in [3.8, 4) is 34.3 Å². The van der Waals surface area contributed by atoms with Crippen molar-refractivity contribution in [1.29, 1.82) is 0 Å². The monoisotopic (exact) mass is 773 g/mol. The van der Waals surface area contributed by atoms with Crippen LogP contribution in [0.4, 0.5) is 5.69 Å². The number of hydrogen-bond donors (Lipinski definition) is 11. The number of methoxy groups -OCH3 is 2. The molecule has 3 aromatic carbocycles. The van der Waals surface area contributed by atoms with E-state index in [1.54, 1.807) is 38.5 Å². The van der Waals surface area contributed by atoms with Gasteiger partial charge in [-0.25, -0.2) is 4.79 Å². The van der Waals surface area contributed by atoms with Crippen molar-refractivity contribution >= 4 is 40.2 Å². The maximum Gasteiger partial charge on any atom is 0.326 e. The second kappa shape index (κ2) is 17.1. The van der Waals surface area contributed by atoms with Gasteiger partial charge in [-0.1, -0.05) is 0 Å². The Kier molecular flexibility index (Phi) is 12.0. The number of phenols is 2. The Hall–Kier alpha value is -6.21. The minimum absolute atomic E-state index is 0.0355. The lowest BCUT2D eigenvalue weighted by atomic mass is 9.95. The van der Waals surface area contributed by atoms with E-state index in [1.165, 1.54) is 12.1 Å². The molecule has 18 heteroatoms. The van der Waals surface area contributed by atoms with Crippen molar-refractivity contribution < 1.29 is 53.6 Å². The van der Waals surface area contributed by atoms with Crippen LogP contribution >= 0.6 is 0 Å². The molecule has 0 radical (unpaired) electrons. The fourth-order valence-corrected chi connectivity index (χ4v) is 6.94. The largest absolute Gasteiger partial charge is 0.504 e. The number of aromatic hydroxyl groups is 2. The van der Waals surface area contributed by atoms with E-state index in [2.05, 4.69) is 48.7 Å². The summed E-state index contributed by atoms with van der Waals surface area (Å²) < 4.78 is 13.1. The highest BCUT2D eigenvalue weighted by molar-refractivity contribution is 5.97. The number of carbonyl (C=O) groups excluding carboxylic acids is 2. The molecular weight excluding hydrogens is 728 g/mol. The first-order valence-electron chi connectivity index (χ1n) is 17.9. The predicted octanol–water partition coefficient (Wildman–Crippen LogP) is 0.143. The lowest BCUT2D eigenvalue weighted by molar-refractivity contribution is -0.686. The SMILES string of the molecule is COc1ccc2cc3[n+](cc2c1OC)CCc1cc(O)c(O)cc1-3.NC1NC(=O)C2NC(CNc3ccc(C(=O)N[C@@H](CCC(=O)O)C(=O)O)cc3)CNC2N1. The summed E-state index contributed by atoms with van der Waals surface area (Å²) >= 11 is 0. The molecule has 4 unspecified atom stereocenters. The fourth-order valence-electron chi connectivity index (χ4n) is 6.94. The van der Waals surface area contributed by atoms with Gasteiger partial charge >= 0.3 is 11.9 Å². The second-order valence-corrected chi connectivity index (χ2v) is 13.5. The molecule has 12 N–H and O–H groups in total. The molecule has 3 aliphatic heterocycles. The van der Waals surface area contributed by atoms with E-state index >= 15 is 0 Å². The van der Waals surface area contributed by atoms with Crippen LogP contribution in [0.3, 0.4) is 0 Å². The van der Waals surface area contributed by atoms with Gasteiger partial charge in [-0.3, -0.25) is 36.1 Å². The lowest BCUT2D eigenvalue weighted by Gasteiger charge is -2.42. The molecule has 56 heavy (non-hydrogen) atoms. The summed E-state index contributed by atoms with van der Waals surface area (Å²) in [6, 6.07) is 13.9. The summed E-state index contributed by atoms with van der Waals surface area (Å²) in [6.07, 6.45) is 1.43. The number of carboxylic acids is 2. The normalized spacial score (nSPS) is 20.1. The van der Waals surface area contributed by atoms with E-state index in [0.717, 1.165) is 46.2 Å². The summed E-state index contributed by atoms with van der Waals surface area (Å²) in [5.74, 6) is -1.98. The van der Waals surface area contributed by atoms with Gasteiger partial charge in [0.15, 0.2) is 35.7 Å². The molecule has 4 heterocycles. The Morgan fingerprint density at radius 2 is 1.75 bits per heavy atom. The molecule has 2 fully saturated rings. The Labute approximate surface area is 321 Å². The number of pyridine rings is 1. The standard InChI is InChI=1S/C19H27N7O6.C19H17NO4/c20-19-25-15-14(17(30)26-19)23-11(8-22-15)7-21-10-3-1-9(2-4-10)16(29)24-12(18(31)32)5-6-13(27)28;1-23-18-4-3-11-7-15-13-9-17(22)16(21)8-12(13)5-6-20(15)10-14(11)19(18)24-2/h1-4,11-12,14-15,19,21-23,25H,5-8,20H2,(H,24,29)(H,26,30)(H,27,28)(H,31,32);3-4,7-10,22H,5-6H2,1-2H3/p+1/t11?,12-,14?,15?,19?;/m0./s1. The molecule has 0 saturated carbocycles. The van der Waals surface area contributed by atoms with E-state index in [4.69, 9.17) is 25.4 Å². The Balaban J connectivity index is 0.000000197. The number of ether oxygens (including phenoxy) is 2. The quantitative estimate of drug-likeness (QED) is 0.0715. The summed E-state index contributed by atoms with van der Waals surface area (Å²) in [6.45, 7) is 1.91.